The average molecular weight is 173 g/mol. The van der Waals surface area contributed by atoms with Crippen LogP contribution in [0.4, 0.5) is 0 Å². The lowest BCUT2D eigenvalue weighted by Crippen LogP contribution is -2.34. The first kappa shape index (κ1) is 9.64. The minimum Gasteiger partial charge on any atom is -0.344 e. The molecule has 0 amide bonds. The van der Waals surface area contributed by atoms with E-state index in [1.54, 1.807) is 13.8 Å². The highest BCUT2D eigenvalue weighted by atomic mass is 16.8. The molecule has 12 heavy (non-hydrogen) atoms. The maximum atomic E-state index is 11.2. The van der Waals surface area contributed by atoms with Crippen LogP contribution in [0.15, 0.2) is 0 Å². The second kappa shape index (κ2) is 3.12. The van der Waals surface area contributed by atoms with Crippen molar-refractivity contribution in [2.45, 2.75) is 38.8 Å². The lowest BCUT2D eigenvalue weighted by Gasteiger charge is -2.16. The third-order valence-corrected chi connectivity index (χ3v) is 1.83. The van der Waals surface area contributed by atoms with Crippen LogP contribution < -0.4 is 5.73 Å². The summed E-state index contributed by atoms with van der Waals surface area (Å²) in [5, 5.41) is 0. The molecule has 1 heterocycles. The Hall–Kier alpha value is -0.450. The van der Waals surface area contributed by atoms with Gasteiger partial charge in [-0.15, -0.1) is 0 Å². The van der Waals surface area contributed by atoms with Crippen LogP contribution in [0.1, 0.15) is 20.8 Å². The molecule has 1 aliphatic rings. The summed E-state index contributed by atoms with van der Waals surface area (Å²) in [6, 6.07) is 0. The molecule has 1 saturated heterocycles. The Bertz CT molecular complexity index is 191. The van der Waals surface area contributed by atoms with Gasteiger partial charge in [0, 0.05) is 0 Å². The van der Waals surface area contributed by atoms with Gasteiger partial charge in [-0.3, -0.25) is 4.79 Å². The molecule has 1 aliphatic heterocycles. The predicted molar refractivity (Wildman–Crippen MR) is 43.6 cm³/mol. The van der Waals surface area contributed by atoms with Gasteiger partial charge in [0.05, 0.1) is 12.6 Å². The number of hydrogen-bond acceptors (Lipinski definition) is 4. The zero-order valence-corrected chi connectivity index (χ0v) is 7.66. The molecular formula is C8H15NO3. The Morgan fingerprint density at radius 3 is 2.42 bits per heavy atom. The minimum atomic E-state index is -0.658. The first-order chi connectivity index (χ1) is 5.46. The van der Waals surface area contributed by atoms with Gasteiger partial charge in [-0.2, -0.15) is 0 Å². The molecule has 0 aliphatic carbocycles. The molecule has 1 unspecified atom stereocenters. The minimum absolute atomic E-state index is 0.00838. The van der Waals surface area contributed by atoms with Crippen molar-refractivity contribution in [2.75, 3.05) is 6.54 Å². The molecule has 0 saturated carbocycles. The number of hydrogen-bond donors (Lipinski definition) is 1. The van der Waals surface area contributed by atoms with Crippen LogP contribution in [-0.2, 0) is 14.3 Å². The van der Waals surface area contributed by atoms with Gasteiger partial charge in [-0.25, -0.2) is 0 Å². The second-order valence-corrected chi connectivity index (χ2v) is 3.43. The standard InChI is InChI=1S/C8H15NO3/c1-5-7(6(10)4-9)12-8(2,3)11-5/h5,7H,4,9H2,1-3H3/t5-,7?/m0/s1. The van der Waals surface area contributed by atoms with E-state index in [9.17, 15) is 4.79 Å². The fourth-order valence-electron chi connectivity index (χ4n) is 1.38. The summed E-state index contributed by atoms with van der Waals surface area (Å²) in [6.07, 6.45) is -0.693. The van der Waals surface area contributed by atoms with Crippen molar-refractivity contribution in [2.24, 2.45) is 5.73 Å². The van der Waals surface area contributed by atoms with Crippen molar-refractivity contribution in [3.63, 3.8) is 0 Å². The van der Waals surface area contributed by atoms with Gasteiger partial charge in [0.25, 0.3) is 0 Å². The number of ether oxygens (including phenoxy) is 2. The fraction of sp³-hybridized carbons (Fsp3) is 0.875. The van der Waals surface area contributed by atoms with Crippen LogP contribution in [-0.4, -0.2) is 30.3 Å². The molecule has 4 heteroatoms. The molecule has 70 valence electrons. The van der Waals surface area contributed by atoms with Crippen LogP contribution in [0.2, 0.25) is 0 Å². The van der Waals surface area contributed by atoms with E-state index in [0.29, 0.717) is 0 Å². The molecule has 2 N–H and O–H groups in total. The normalized spacial score (nSPS) is 33.7. The summed E-state index contributed by atoms with van der Waals surface area (Å²) in [6.45, 7) is 5.39. The van der Waals surface area contributed by atoms with E-state index in [2.05, 4.69) is 0 Å². The van der Waals surface area contributed by atoms with Crippen molar-refractivity contribution >= 4 is 5.78 Å². The zero-order chi connectivity index (χ0) is 9.35. The van der Waals surface area contributed by atoms with E-state index in [0.717, 1.165) is 0 Å². The summed E-state index contributed by atoms with van der Waals surface area (Å²) >= 11 is 0. The highest BCUT2D eigenvalue weighted by molar-refractivity contribution is 5.85. The van der Waals surface area contributed by atoms with Gasteiger partial charge in [-0.1, -0.05) is 0 Å². The van der Waals surface area contributed by atoms with Gasteiger partial charge in [0.2, 0.25) is 0 Å². The molecule has 0 spiro atoms. The summed E-state index contributed by atoms with van der Waals surface area (Å²) in [4.78, 5) is 11.2. The Balaban J connectivity index is 2.64. The number of ketones is 1. The van der Waals surface area contributed by atoms with Gasteiger partial charge < -0.3 is 15.2 Å². The molecule has 2 atom stereocenters. The number of carbonyl (C=O) groups is 1. The SMILES string of the molecule is C[C@@H]1OC(C)(C)OC1C(=O)CN. The zero-order valence-electron chi connectivity index (χ0n) is 7.66. The Labute approximate surface area is 72.0 Å². The van der Waals surface area contributed by atoms with Gasteiger partial charge in [0.1, 0.15) is 6.10 Å². The quantitative estimate of drug-likeness (QED) is 0.641. The van der Waals surface area contributed by atoms with E-state index in [1.807, 2.05) is 6.92 Å². The number of nitrogens with two attached hydrogens (primary N) is 1. The maximum Gasteiger partial charge on any atom is 0.177 e. The molecule has 0 aromatic carbocycles. The molecular weight excluding hydrogens is 158 g/mol. The largest absolute Gasteiger partial charge is 0.344 e. The predicted octanol–water partition coefficient (Wildman–Crippen LogP) is 0.0542. The molecule has 0 radical (unpaired) electrons. The third kappa shape index (κ3) is 1.83. The Kier molecular flexibility index (Phi) is 2.51. The van der Waals surface area contributed by atoms with Crippen molar-refractivity contribution in [1.82, 2.24) is 0 Å². The van der Waals surface area contributed by atoms with Crippen molar-refractivity contribution in [1.29, 1.82) is 0 Å². The van der Waals surface area contributed by atoms with E-state index in [-0.39, 0.29) is 18.4 Å². The van der Waals surface area contributed by atoms with Crippen molar-refractivity contribution < 1.29 is 14.3 Å². The Morgan fingerprint density at radius 1 is 1.50 bits per heavy atom. The fourth-order valence-corrected chi connectivity index (χ4v) is 1.38. The highest BCUT2D eigenvalue weighted by Gasteiger charge is 2.41. The molecule has 0 aromatic heterocycles. The smallest absolute Gasteiger partial charge is 0.177 e. The molecule has 1 fully saturated rings. The summed E-state index contributed by atoms with van der Waals surface area (Å²) in [7, 11) is 0. The van der Waals surface area contributed by atoms with Crippen molar-refractivity contribution in [3.05, 3.63) is 0 Å². The maximum absolute atomic E-state index is 11.2. The molecule has 0 aromatic rings. The summed E-state index contributed by atoms with van der Waals surface area (Å²) < 4.78 is 10.7. The van der Waals surface area contributed by atoms with Crippen LogP contribution in [0.25, 0.3) is 0 Å². The van der Waals surface area contributed by atoms with E-state index < -0.39 is 11.9 Å². The topological polar surface area (TPSA) is 61.5 Å². The lowest BCUT2D eigenvalue weighted by atomic mass is 10.1. The van der Waals surface area contributed by atoms with Gasteiger partial charge in [0.15, 0.2) is 11.6 Å². The average Bonchev–Trinajstić information content (AvgIpc) is 2.23. The van der Waals surface area contributed by atoms with E-state index >= 15 is 0 Å². The van der Waals surface area contributed by atoms with Crippen LogP contribution >= 0.6 is 0 Å². The highest BCUT2D eigenvalue weighted by Crippen LogP contribution is 2.27. The number of Topliss-reactive ketones (excluding diaryl/α,β-unsaturated/α-hetero) is 1. The summed E-state index contributed by atoms with van der Waals surface area (Å²) in [5.74, 6) is -0.761. The van der Waals surface area contributed by atoms with E-state index in [4.69, 9.17) is 15.2 Å². The monoisotopic (exact) mass is 173 g/mol. The molecule has 0 bridgehead atoms. The van der Waals surface area contributed by atoms with Crippen LogP contribution in [0.3, 0.4) is 0 Å². The molecule has 4 nitrogen and oxygen atoms in total. The second-order valence-electron chi connectivity index (χ2n) is 3.43. The first-order valence-electron chi connectivity index (χ1n) is 4.04. The van der Waals surface area contributed by atoms with Crippen LogP contribution in [0, 0.1) is 0 Å². The third-order valence-electron chi connectivity index (χ3n) is 1.83. The summed E-state index contributed by atoms with van der Waals surface area (Å²) in [5.41, 5.74) is 5.22. The molecule has 1 rings (SSSR count). The van der Waals surface area contributed by atoms with Crippen molar-refractivity contribution in [3.8, 4) is 0 Å². The lowest BCUT2D eigenvalue weighted by molar-refractivity contribution is -0.153. The Morgan fingerprint density at radius 2 is 2.08 bits per heavy atom. The van der Waals surface area contributed by atoms with Crippen LogP contribution in [0.5, 0.6) is 0 Å². The number of carbonyl (C=O) groups excluding carboxylic acids is 1. The van der Waals surface area contributed by atoms with Gasteiger partial charge in [-0.05, 0) is 20.8 Å². The first-order valence-corrected chi connectivity index (χ1v) is 4.04. The van der Waals surface area contributed by atoms with Gasteiger partial charge >= 0.3 is 0 Å². The number of rotatable bonds is 2. The van der Waals surface area contributed by atoms with E-state index in [1.165, 1.54) is 0 Å².